The third kappa shape index (κ3) is 3.20. The lowest BCUT2D eigenvalue weighted by Crippen LogP contribution is -2.47. The fourth-order valence-corrected chi connectivity index (χ4v) is 4.33. The van der Waals surface area contributed by atoms with Crippen molar-refractivity contribution in [1.29, 1.82) is 0 Å². The van der Waals surface area contributed by atoms with E-state index in [9.17, 15) is 4.79 Å². The van der Waals surface area contributed by atoms with Gasteiger partial charge in [0.05, 0.1) is 16.0 Å². The summed E-state index contributed by atoms with van der Waals surface area (Å²) >= 11 is 3.17. The van der Waals surface area contributed by atoms with E-state index in [4.69, 9.17) is 0 Å². The number of hydrogen-bond donors (Lipinski definition) is 0. The summed E-state index contributed by atoms with van der Waals surface area (Å²) in [7, 11) is 2.09. The van der Waals surface area contributed by atoms with E-state index in [-0.39, 0.29) is 5.91 Å². The maximum absolute atomic E-state index is 12.3. The summed E-state index contributed by atoms with van der Waals surface area (Å²) < 4.78 is 1.09. The molecule has 1 fully saturated rings. The second-order valence-corrected chi connectivity index (χ2v) is 7.09. The molecule has 0 N–H and O–H groups in total. The molecule has 0 spiro atoms. The fourth-order valence-electron chi connectivity index (χ4n) is 2.33. The highest BCUT2D eigenvalue weighted by Gasteiger charge is 2.19. The number of amides is 1. The molecule has 0 radical (unpaired) electrons. The van der Waals surface area contributed by atoms with Crippen LogP contribution in [0.25, 0.3) is 10.2 Å². The molecule has 5 nitrogen and oxygen atoms in total. The lowest BCUT2D eigenvalue weighted by molar-refractivity contribution is -0.129. The molecular weight excluding hydrogens is 304 g/mol. The molecule has 2 aromatic heterocycles. The summed E-state index contributed by atoms with van der Waals surface area (Å²) in [4.78, 5) is 25.1. The average Bonchev–Trinajstić information content (AvgIpc) is 2.88. The fraction of sp³-hybridized carbons (Fsp3) is 0.500. The van der Waals surface area contributed by atoms with E-state index < -0.39 is 0 Å². The zero-order chi connectivity index (χ0) is 14.8. The number of likely N-dealkylation sites (N-methyl/N-ethyl adjacent to an activating group) is 1. The van der Waals surface area contributed by atoms with Gasteiger partial charge in [0.2, 0.25) is 5.91 Å². The molecule has 0 unspecified atom stereocenters. The van der Waals surface area contributed by atoms with Gasteiger partial charge in [-0.1, -0.05) is 11.8 Å². The molecule has 1 aliphatic heterocycles. The molecule has 2 aromatic rings. The van der Waals surface area contributed by atoms with Gasteiger partial charge < -0.3 is 9.80 Å². The third-order valence-electron chi connectivity index (χ3n) is 3.69. The van der Waals surface area contributed by atoms with Gasteiger partial charge >= 0.3 is 0 Å². The Morgan fingerprint density at radius 2 is 2.10 bits per heavy atom. The van der Waals surface area contributed by atoms with Gasteiger partial charge in [-0.3, -0.25) is 4.79 Å². The molecule has 1 saturated heterocycles. The van der Waals surface area contributed by atoms with E-state index in [1.165, 1.54) is 17.3 Å². The Balaban J connectivity index is 1.65. The van der Waals surface area contributed by atoms with Gasteiger partial charge in [0.15, 0.2) is 0 Å². The molecule has 0 aliphatic carbocycles. The van der Waals surface area contributed by atoms with E-state index in [0.29, 0.717) is 5.75 Å². The zero-order valence-corrected chi connectivity index (χ0v) is 13.8. The standard InChI is InChI=1S/C14H18N4OS2/c1-10-7-20-13-12(10)15-9-16-14(13)21-8-11(19)18-5-3-17(2)4-6-18/h7,9H,3-6,8H2,1-2H3. The Bertz CT molecular complexity index is 649. The quantitative estimate of drug-likeness (QED) is 0.638. The van der Waals surface area contributed by atoms with Crippen LogP contribution in [-0.2, 0) is 4.79 Å². The number of piperazine rings is 1. The number of thiophene rings is 1. The monoisotopic (exact) mass is 322 g/mol. The Morgan fingerprint density at radius 1 is 1.33 bits per heavy atom. The molecule has 21 heavy (non-hydrogen) atoms. The van der Waals surface area contributed by atoms with Crippen molar-refractivity contribution in [1.82, 2.24) is 19.8 Å². The van der Waals surface area contributed by atoms with Crippen molar-refractivity contribution < 1.29 is 4.79 Å². The zero-order valence-electron chi connectivity index (χ0n) is 12.2. The number of aryl methyl sites for hydroxylation is 1. The van der Waals surface area contributed by atoms with Crippen molar-refractivity contribution in [2.24, 2.45) is 0 Å². The Labute approximate surface area is 132 Å². The summed E-state index contributed by atoms with van der Waals surface area (Å²) in [6.07, 6.45) is 1.59. The van der Waals surface area contributed by atoms with Crippen LogP contribution in [0.5, 0.6) is 0 Å². The van der Waals surface area contributed by atoms with Gasteiger partial charge in [0.25, 0.3) is 0 Å². The van der Waals surface area contributed by atoms with Crippen molar-refractivity contribution in [2.75, 3.05) is 39.0 Å². The topological polar surface area (TPSA) is 49.3 Å². The maximum Gasteiger partial charge on any atom is 0.233 e. The number of nitrogens with zero attached hydrogens (tertiary/aromatic N) is 4. The molecule has 3 rings (SSSR count). The molecule has 3 heterocycles. The summed E-state index contributed by atoms with van der Waals surface area (Å²) in [5.74, 6) is 0.653. The van der Waals surface area contributed by atoms with Gasteiger partial charge in [-0.05, 0) is 24.9 Å². The highest BCUT2D eigenvalue weighted by atomic mass is 32.2. The minimum atomic E-state index is 0.202. The molecule has 0 saturated carbocycles. The number of rotatable bonds is 3. The predicted octanol–water partition coefficient (Wildman–Crippen LogP) is 1.87. The van der Waals surface area contributed by atoms with E-state index in [1.54, 1.807) is 17.7 Å². The first-order valence-electron chi connectivity index (χ1n) is 6.93. The molecule has 0 atom stereocenters. The van der Waals surface area contributed by atoms with Crippen molar-refractivity contribution in [3.8, 4) is 0 Å². The number of thioether (sulfide) groups is 1. The average molecular weight is 322 g/mol. The highest BCUT2D eigenvalue weighted by molar-refractivity contribution is 8.00. The first-order valence-corrected chi connectivity index (χ1v) is 8.79. The van der Waals surface area contributed by atoms with E-state index in [1.807, 2.05) is 4.90 Å². The summed E-state index contributed by atoms with van der Waals surface area (Å²) in [5.41, 5.74) is 2.18. The van der Waals surface area contributed by atoms with Gasteiger partial charge in [-0.2, -0.15) is 0 Å². The van der Waals surface area contributed by atoms with Gasteiger partial charge in [-0.25, -0.2) is 9.97 Å². The molecule has 7 heteroatoms. The van der Waals surface area contributed by atoms with Crippen LogP contribution in [0.3, 0.4) is 0 Å². The molecule has 112 valence electrons. The lowest BCUT2D eigenvalue weighted by Gasteiger charge is -2.32. The summed E-state index contributed by atoms with van der Waals surface area (Å²) in [5, 5.41) is 3.01. The van der Waals surface area contributed by atoms with E-state index >= 15 is 0 Å². The highest BCUT2D eigenvalue weighted by Crippen LogP contribution is 2.31. The molecular formula is C14H18N4OS2. The van der Waals surface area contributed by atoms with Crippen LogP contribution in [0.4, 0.5) is 0 Å². The Morgan fingerprint density at radius 3 is 2.86 bits per heavy atom. The molecule has 0 bridgehead atoms. The number of carbonyl (C=O) groups excluding carboxylic acids is 1. The minimum Gasteiger partial charge on any atom is -0.339 e. The number of aromatic nitrogens is 2. The molecule has 1 aliphatic rings. The van der Waals surface area contributed by atoms with Crippen molar-refractivity contribution in [3.05, 3.63) is 17.3 Å². The van der Waals surface area contributed by atoms with Crippen LogP contribution >= 0.6 is 23.1 Å². The van der Waals surface area contributed by atoms with Crippen molar-refractivity contribution in [3.63, 3.8) is 0 Å². The largest absolute Gasteiger partial charge is 0.339 e. The second kappa shape index (κ2) is 6.29. The van der Waals surface area contributed by atoms with Gasteiger partial charge in [0.1, 0.15) is 11.4 Å². The lowest BCUT2D eigenvalue weighted by atomic mass is 10.3. The smallest absolute Gasteiger partial charge is 0.233 e. The minimum absolute atomic E-state index is 0.202. The number of carbonyl (C=O) groups is 1. The van der Waals surface area contributed by atoms with E-state index in [0.717, 1.165) is 41.4 Å². The van der Waals surface area contributed by atoms with Crippen LogP contribution in [0.2, 0.25) is 0 Å². The maximum atomic E-state index is 12.3. The summed E-state index contributed by atoms with van der Waals surface area (Å²) in [6, 6.07) is 0. The first kappa shape index (κ1) is 14.7. The van der Waals surface area contributed by atoms with Crippen molar-refractivity contribution in [2.45, 2.75) is 11.9 Å². The van der Waals surface area contributed by atoms with Crippen LogP contribution in [-0.4, -0.2) is 64.7 Å². The first-order chi connectivity index (χ1) is 10.1. The van der Waals surface area contributed by atoms with Crippen LogP contribution in [0.15, 0.2) is 16.7 Å². The SMILES string of the molecule is Cc1csc2c(SCC(=O)N3CCN(C)CC3)ncnc12. The van der Waals surface area contributed by atoms with E-state index in [2.05, 4.69) is 34.2 Å². The van der Waals surface area contributed by atoms with Crippen LogP contribution in [0.1, 0.15) is 5.56 Å². The summed E-state index contributed by atoms with van der Waals surface area (Å²) in [6.45, 7) is 5.62. The predicted molar refractivity (Wildman–Crippen MR) is 87.0 cm³/mol. The van der Waals surface area contributed by atoms with Gasteiger partial charge in [-0.15, -0.1) is 11.3 Å². The molecule has 1 amide bonds. The number of hydrogen-bond acceptors (Lipinski definition) is 6. The van der Waals surface area contributed by atoms with Crippen LogP contribution in [0, 0.1) is 6.92 Å². The Hall–Kier alpha value is -1.18. The van der Waals surface area contributed by atoms with Crippen LogP contribution < -0.4 is 0 Å². The van der Waals surface area contributed by atoms with Crippen molar-refractivity contribution >= 4 is 39.2 Å². The molecule has 0 aromatic carbocycles. The Kier molecular flexibility index (Phi) is 4.42. The normalized spacial score (nSPS) is 16.6. The third-order valence-corrected chi connectivity index (χ3v) is 5.88. The number of fused-ring (bicyclic) bond motifs is 1. The van der Waals surface area contributed by atoms with Gasteiger partial charge in [0, 0.05) is 26.2 Å². The second-order valence-electron chi connectivity index (χ2n) is 5.25.